The molecule has 3 N–H and O–H groups in total. The van der Waals surface area contributed by atoms with Gasteiger partial charge in [0.1, 0.15) is 17.8 Å². The lowest BCUT2D eigenvalue weighted by molar-refractivity contribution is -0.135. The fourth-order valence-corrected chi connectivity index (χ4v) is 4.48. The van der Waals surface area contributed by atoms with Crippen molar-refractivity contribution in [3.8, 4) is 5.75 Å². The Balaban J connectivity index is 1.45. The van der Waals surface area contributed by atoms with Crippen molar-refractivity contribution >= 4 is 23.8 Å². The van der Waals surface area contributed by atoms with Gasteiger partial charge in [-0.25, -0.2) is 9.69 Å². The zero-order chi connectivity index (χ0) is 24.2. The smallest absolute Gasteiger partial charge is 0.325 e. The Kier molecular flexibility index (Phi) is 6.81. The molecule has 2 aliphatic heterocycles. The third-order valence-corrected chi connectivity index (χ3v) is 6.37. The molecule has 2 fully saturated rings. The Morgan fingerprint density at radius 1 is 1.06 bits per heavy atom. The molecule has 178 valence electrons. The Bertz CT molecular complexity index is 1070. The van der Waals surface area contributed by atoms with Crippen molar-refractivity contribution in [3.05, 3.63) is 65.7 Å². The molecule has 4 rings (SSSR count). The van der Waals surface area contributed by atoms with Crippen molar-refractivity contribution in [2.75, 3.05) is 19.7 Å². The molecular weight excluding hydrogens is 436 g/mol. The summed E-state index contributed by atoms with van der Waals surface area (Å²) in [6, 6.07) is 13.0. The molecule has 2 unspecified atom stereocenters. The highest BCUT2D eigenvalue weighted by atomic mass is 16.5. The fraction of sp³-hybridized carbons (Fsp3) is 0.360. The molecule has 0 radical (unpaired) electrons. The molecular formula is C25H28N4O5. The number of imide groups is 1. The number of benzene rings is 2. The third kappa shape index (κ3) is 4.73. The van der Waals surface area contributed by atoms with Crippen molar-refractivity contribution < 1.29 is 23.9 Å². The Hall–Kier alpha value is -3.88. The van der Waals surface area contributed by atoms with E-state index in [2.05, 4.69) is 5.32 Å². The van der Waals surface area contributed by atoms with Gasteiger partial charge in [-0.05, 0) is 36.1 Å². The van der Waals surface area contributed by atoms with E-state index < -0.39 is 35.8 Å². The summed E-state index contributed by atoms with van der Waals surface area (Å²) in [6.07, 6.45) is 2.03. The minimum absolute atomic E-state index is 0.0517. The average molecular weight is 465 g/mol. The van der Waals surface area contributed by atoms with E-state index in [9.17, 15) is 19.2 Å². The Morgan fingerprint density at radius 2 is 1.71 bits per heavy atom. The number of likely N-dealkylation sites (tertiary alicyclic amines) is 1. The van der Waals surface area contributed by atoms with Gasteiger partial charge in [0.05, 0.1) is 0 Å². The van der Waals surface area contributed by atoms with Gasteiger partial charge in [-0.3, -0.25) is 14.4 Å². The zero-order valence-corrected chi connectivity index (χ0v) is 19.0. The highest BCUT2D eigenvalue weighted by Gasteiger charge is 2.46. The maximum atomic E-state index is 13.2. The van der Waals surface area contributed by atoms with Crippen molar-refractivity contribution in [2.45, 2.75) is 37.8 Å². The van der Waals surface area contributed by atoms with E-state index in [0.717, 1.165) is 36.4 Å². The topological polar surface area (TPSA) is 122 Å². The van der Waals surface area contributed by atoms with Gasteiger partial charge in [-0.2, -0.15) is 0 Å². The summed E-state index contributed by atoms with van der Waals surface area (Å²) in [5.41, 5.74) is 6.95. The van der Waals surface area contributed by atoms with Gasteiger partial charge in [0.2, 0.25) is 5.91 Å². The van der Waals surface area contributed by atoms with Crippen LogP contribution in [0.4, 0.5) is 4.79 Å². The quantitative estimate of drug-likeness (QED) is 0.578. The molecule has 2 heterocycles. The number of amides is 5. The van der Waals surface area contributed by atoms with Crippen LogP contribution in [0.5, 0.6) is 5.75 Å². The lowest BCUT2D eigenvalue weighted by Crippen LogP contribution is -2.51. The highest BCUT2D eigenvalue weighted by Crippen LogP contribution is 2.30. The number of carbonyl (C=O) groups is 4. The van der Waals surface area contributed by atoms with Crippen molar-refractivity contribution in [2.24, 2.45) is 5.73 Å². The molecule has 2 saturated heterocycles. The lowest BCUT2D eigenvalue weighted by atomic mass is 9.91. The van der Waals surface area contributed by atoms with Crippen LogP contribution in [-0.4, -0.2) is 59.3 Å². The van der Waals surface area contributed by atoms with Crippen LogP contribution in [0.15, 0.2) is 54.6 Å². The second-order valence-electron chi connectivity index (χ2n) is 8.58. The van der Waals surface area contributed by atoms with Crippen molar-refractivity contribution in [3.63, 3.8) is 0 Å². The largest absolute Gasteiger partial charge is 0.484 e. The minimum Gasteiger partial charge on any atom is -0.484 e. The third-order valence-electron chi connectivity index (χ3n) is 6.37. The molecule has 0 saturated carbocycles. The molecule has 0 aromatic heterocycles. The monoisotopic (exact) mass is 464 g/mol. The first-order valence-corrected chi connectivity index (χ1v) is 11.3. The van der Waals surface area contributed by atoms with E-state index in [1.807, 2.05) is 30.3 Å². The molecule has 0 bridgehead atoms. The number of nitrogens with two attached hydrogens (primary N) is 1. The summed E-state index contributed by atoms with van der Waals surface area (Å²) in [6.45, 7) is 3.23. The van der Waals surface area contributed by atoms with E-state index in [4.69, 9.17) is 10.5 Å². The first-order valence-electron chi connectivity index (χ1n) is 11.3. The van der Waals surface area contributed by atoms with Crippen LogP contribution in [0.1, 0.15) is 42.9 Å². The van der Waals surface area contributed by atoms with Crippen molar-refractivity contribution in [1.82, 2.24) is 15.1 Å². The Morgan fingerprint density at radius 3 is 2.32 bits per heavy atom. The van der Waals surface area contributed by atoms with Crippen LogP contribution < -0.4 is 15.8 Å². The first kappa shape index (κ1) is 23.3. The molecule has 34 heavy (non-hydrogen) atoms. The molecule has 0 aliphatic carbocycles. The lowest BCUT2D eigenvalue weighted by Gasteiger charge is -2.28. The van der Waals surface area contributed by atoms with Gasteiger partial charge in [0.15, 0.2) is 6.61 Å². The van der Waals surface area contributed by atoms with Crippen LogP contribution in [-0.2, 0) is 14.4 Å². The summed E-state index contributed by atoms with van der Waals surface area (Å²) < 4.78 is 5.58. The number of ether oxygens (including phenoxy) is 1. The van der Waals surface area contributed by atoms with Crippen molar-refractivity contribution in [1.29, 1.82) is 0 Å². The molecule has 2 aliphatic rings. The normalized spacial score (nSPS) is 19.6. The van der Waals surface area contributed by atoms with Gasteiger partial charge in [0.25, 0.3) is 11.8 Å². The molecule has 5 amide bonds. The highest BCUT2D eigenvalue weighted by molar-refractivity contribution is 6.08. The van der Waals surface area contributed by atoms with Crippen LogP contribution in [0.25, 0.3) is 0 Å². The van der Waals surface area contributed by atoms with Crippen LogP contribution >= 0.6 is 0 Å². The number of nitrogens with zero attached hydrogens (tertiary/aromatic N) is 2. The second-order valence-corrected chi connectivity index (χ2v) is 8.58. The fourth-order valence-electron chi connectivity index (χ4n) is 4.48. The predicted molar refractivity (Wildman–Crippen MR) is 124 cm³/mol. The molecule has 0 spiro atoms. The number of hydrogen-bond acceptors (Lipinski definition) is 5. The molecule has 2 aromatic rings. The molecule has 9 nitrogen and oxygen atoms in total. The number of nitrogens with one attached hydrogen (secondary N) is 1. The van der Waals surface area contributed by atoms with E-state index in [1.165, 1.54) is 0 Å². The van der Waals surface area contributed by atoms with Crippen LogP contribution in [0.2, 0.25) is 0 Å². The zero-order valence-electron chi connectivity index (χ0n) is 19.0. The van der Waals surface area contributed by atoms with Gasteiger partial charge in [0, 0.05) is 19.0 Å². The average Bonchev–Trinajstić information content (AvgIpc) is 3.48. The SMILES string of the molecule is CC(c1ccccc1)C(C(N)=O)N1C(=O)N[C@H](c2ccc(OCC(=O)N3CCCC3)cc2)C1=O. The maximum absolute atomic E-state index is 13.2. The molecule has 2 aromatic carbocycles. The van der Waals surface area contributed by atoms with E-state index >= 15 is 0 Å². The summed E-state index contributed by atoms with van der Waals surface area (Å²) in [4.78, 5) is 53.1. The minimum atomic E-state index is -1.13. The number of primary amides is 1. The summed E-state index contributed by atoms with van der Waals surface area (Å²) in [5.74, 6) is -1.35. The number of urea groups is 1. The van der Waals surface area contributed by atoms with Gasteiger partial charge in [-0.1, -0.05) is 49.4 Å². The summed E-state index contributed by atoms with van der Waals surface area (Å²) in [5, 5.41) is 2.65. The summed E-state index contributed by atoms with van der Waals surface area (Å²) in [7, 11) is 0. The number of carbonyl (C=O) groups excluding carboxylic acids is 4. The predicted octanol–water partition coefficient (Wildman–Crippen LogP) is 1.94. The van der Waals surface area contributed by atoms with E-state index in [1.54, 1.807) is 36.1 Å². The van der Waals surface area contributed by atoms with E-state index in [-0.39, 0.29) is 12.5 Å². The first-order chi connectivity index (χ1) is 16.4. The van der Waals surface area contributed by atoms with Gasteiger partial charge in [-0.15, -0.1) is 0 Å². The molecule has 9 heteroatoms. The van der Waals surface area contributed by atoms with Gasteiger partial charge < -0.3 is 20.7 Å². The number of rotatable bonds is 8. The number of hydrogen-bond donors (Lipinski definition) is 2. The maximum Gasteiger partial charge on any atom is 0.325 e. The van der Waals surface area contributed by atoms with Crippen LogP contribution in [0, 0.1) is 0 Å². The standard InChI is InChI=1S/C25H28N4O5/c1-16(17-7-3-2-4-8-17)22(23(26)31)29-24(32)21(27-25(29)33)18-9-11-19(12-10-18)34-15-20(30)28-13-5-6-14-28/h2-4,7-12,16,21-22H,5-6,13-15H2,1H3,(H2,26,31)(H,27,33)/t16?,21-,22?/m1/s1. The second kappa shape index (κ2) is 9.94. The van der Waals surface area contributed by atoms with E-state index in [0.29, 0.717) is 11.3 Å². The van der Waals surface area contributed by atoms with Gasteiger partial charge >= 0.3 is 6.03 Å². The summed E-state index contributed by atoms with van der Waals surface area (Å²) >= 11 is 0. The van der Waals surface area contributed by atoms with Crippen LogP contribution in [0.3, 0.4) is 0 Å². The Labute approximate surface area is 197 Å². The molecule has 3 atom stereocenters.